The third-order valence-electron chi connectivity index (χ3n) is 3.63. The molecule has 3 N–H and O–H groups in total. The van der Waals surface area contributed by atoms with Crippen LogP contribution in [0.2, 0.25) is 0 Å². The molecule has 2 rings (SSSR count). The van der Waals surface area contributed by atoms with Gasteiger partial charge in [0.2, 0.25) is 12.3 Å². The predicted molar refractivity (Wildman–Crippen MR) is 85.8 cm³/mol. The maximum Gasteiger partial charge on any atom is 0.226 e. The van der Waals surface area contributed by atoms with Crippen LogP contribution in [-0.4, -0.2) is 49.5 Å². The van der Waals surface area contributed by atoms with E-state index < -0.39 is 0 Å². The Kier molecular flexibility index (Phi) is 6.14. The SMILES string of the molecule is CC(CCC(=O)NC=O)Nc1ccc(N2CCNCC2)nc1. The van der Waals surface area contributed by atoms with Gasteiger partial charge < -0.3 is 15.5 Å². The zero-order chi connectivity index (χ0) is 15.8. The molecule has 1 aromatic heterocycles. The summed E-state index contributed by atoms with van der Waals surface area (Å²) in [7, 11) is 0. The second-order valence-corrected chi connectivity index (χ2v) is 5.41. The minimum absolute atomic E-state index is 0.129. The Balaban J connectivity index is 1.80. The first-order chi connectivity index (χ1) is 10.7. The Labute approximate surface area is 130 Å². The topological polar surface area (TPSA) is 86.4 Å². The summed E-state index contributed by atoms with van der Waals surface area (Å²) in [6.45, 7) is 5.92. The molecule has 2 amide bonds. The summed E-state index contributed by atoms with van der Waals surface area (Å²) in [4.78, 5) is 28.1. The second kappa shape index (κ2) is 8.33. The van der Waals surface area contributed by atoms with E-state index in [4.69, 9.17) is 0 Å². The first-order valence-electron chi connectivity index (χ1n) is 7.60. The highest BCUT2D eigenvalue weighted by atomic mass is 16.2. The number of imide groups is 1. The third kappa shape index (κ3) is 5.00. The van der Waals surface area contributed by atoms with Crippen LogP contribution < -0.4 is 20.9 Å². The number of hydrogen-bond donors (Lipinski definition) is 3. The van der Waals surface area contributed by atoms with Crippen molar-refractivity contribution in [1.82, 2.24) is 15.6 Å². The molecule has 7 nitrogen and oxygen atoms in total. The van der Waals surface area contributed by atoms with Gasteiger partial charge in [0, 0.05) is 38.6 Å². The molecule has 0 saturated carbocycles. The molecule has 7 heteroatoms. The minimum atomic E-state index is -0.254. The van der Waals surface area contributed by atoms with E-state index in [0.29, 0.717) is 19.3 Å². The Morgan fingerprint density at radius 3 is 2.86 bits per heavy atom. The van der Waals surface area contributed by atoms with E-state index in [9.17, 15) is 9.59 Å². The van der Waals surface area contributed by atoms with Crippen LogP contribution in [0.15, 0.2) is 18.3 Å². The molecular formula is C15H23N5O2. The van der Waals surface area contributed by atoms with Gasteiger partial charge >= 0.3 is 0 Å². The molecule has 0 bridgehead atoms. The molecule has 120 valence electrons. The summed E-state index contributed by atoms with van der Waals surface area (Å²) < 4.78 is 0. The van der Waals surface area contributed by atoms with E-state index in [0.717, 1.165) is 37.7 Å². The average Bonchev–Trinajstić information content (AvgIpc) is 2.55. The number of nitrogens with zero attached hydrogens (tertiary/aromatic N) is 2. The van der Waals surface area contributed by atoms with E-state index >= 15 is 0 Å². The van der Waals surface area contributed by atoms with Crippen molar-refractivity contribution < 1.29 is 9.59 Å². The minimum Gasteiger partial charge on any atom is -0.381 e. The number of nitrogens with one attached hydrogen (secondary N) is 3. The summed E-state index contributed by atoms with van der Waals surface area (Å²) in [5, 5.41) is 8.76. The Morgan fingerprint density at radius 1 is 1.45 bits per heavy atom. The average molecular weight is 305 g/mol. The van der Waals surface area contributed by atoms with Gasteiger partial charge in [-0.15, -0.1) is 0 Å². The standard InChI is InChI=1S/C15H23N5O2/c1-12(2-5-15(22)18-11-21)19-13-3-4-14(17-10-13)20-8-6-16-7-9-20/h3-4,10-12,16,19H,2,5-9H2,1H3,(H,18,21,22). The van der Waals surface area contributed by atoms with Crippen LogP contribution >= 0.6 is 0 Å². The Morgan fingerprint density at radius 2 is 2.23 bits per heavy atom. The molecule has 1 aliphatic rings. The molecule has 2 heterocycles. The van der Waals surface area contributed by atoms with Crippen LogP contribution in [0.1, 0.15) is 19.8 Å². The second-order valence-electron chi connectivity index (χ2n) is 5.41. The smallest absolute Gasteiger partial charge is 0.226 e. The van der Waals surface area contributed by atoms with Crippen molar-refractivity contribution in [1.29, 1.82) is 0 Å². The fourth-order valence-electron chi connectivity index (χ4n) is 2.39. The fourth-order valence-corrected chi connectivity index (χ4v) is 2.39. The lowest BCUT2D eigenvalue weighted by Crippen LogP contribution is -2.43. The molecule has 1 saturated heterocycles. The molecule has 0 radical (unpaired) electrons. The van der Waals surface area contributed by atoms with Gasteiger partial charge in [-0.05, 0) is 25.5 Å². The number of amides is 2. The number of hydrogen-bond acceptors (Lipinski definition) is 6. The van der Waals surface area contributed by atoms with Crippen molar-refractivity contribution >= 4 is 23.8 Å². The van der Waals surface area contributed by atoms with E-state index in [1.165, 1.54) is 0 Å². The molecule has 1 unspecified atom stereocenters. The van der Waals surface area contributed by atoms with Gasteiger partial charge in [0.1, 0.15) is 5.82 Å². The summed E-state index contributed by atoms with van der Waals surface area (Å²) >= 11 is 0. The first kappa shape index (κ1) is 16.2. The molecule has 22 heavy (non-hydrogen) atoms. The van der Waals surface area contributed by atoms with Gasteiger partial charge in [-0.3, -0.25) is 14.9 Å². The van der Waals surface area contributed by atoms with Crippen LogP contribution in [-0.2, 0) is 9.59 Å². The number of carbonyl (C=O) groups is 2. The Hall–Kier alpha value is -2.15. The van der Waals surface area contributed by atoms with E-state index in [1.54, 1.807) is 0 Å². The number of pyridine rings is 1. The molecule has 0 aliphatic carbocycles. The van der Waals surface area contributed by atoms with Crippen molar-refractivity contribution in [2.24, 2.45) is 0 Å². The highest BCUT2D eigenvalue weighted by Crippen LogP contribution is 2.16. The number of carbonyl (C=O) groups excluding carboxylic acids is 2. The van der Waals surface area contributed by atoms with Gasteiger partial charge in [-0.1, -0.05) is 0 Å². The lowest BCUT2D eigenvalue weighted by molar-refractivity contribution is -0.125. The summed E-state index contributed by atoms with van der Waals surface area (Å²) in [5.74, 6) is 0.737. The monoisotopic (exact) mass is 305 g/mol. The third-order valence-corrected chi connectivity index (χ3v) is 3.63. The molecule has 1 aromatic rings. The molecule has 1 fully saturated rings. The lowest BCUT2D eigenvalue weighted by atomic mass is 10.1. The maximum absolute atomic E-state index is 11.2. The Bertz CT molecular complexity index is 485. The quantitative estimate of drug-likeness (QED) is 0.630. The van der Waals surface area contributed by atoms with E-state index in [-0.39, 0.29) is 11.9 Å². The van der Waals surface area contributed by atoms with Gasteiger partial charge in [0.05, 0.1) is 11.9 Å². The summed E-state index contributed by atoms with van der Waals surface area (Å²) in [5.41, 5.74) is 0.933. The lowest BCUT2D eigenvalue weighted by Gasteiger charge is -2.28. The van der Waals surface area contributed by atoms with Crippen molar-refractivity contribution in [3.05, 3.63) is 18.3 Å². The predicted octanol–water partition coefficient (Wildman–Crippen LogP) is 0.344. The number of anilines is 2. The van der Waals surface area contributed by atoms with Crippen molar-refractivity contribution in [2.75, 3.05) is 36.4 Å². The van der Waals surface area contributed by atoms with Gasteiger partial charge in [0.15, 0.2) is 0 Å². The summed E-state index contributed by atoms with van der Waals surface area (Å²) in [6.07, 6.45) is 3.21. The molecule has 0 aromatic carbocycles. The fraction of sp³-hybridized carbons (Fsp3) is 0.533. The van der Waals surface area contributed by atoms with Crippen molar-refractivity contribution in [3.8, 4) is 0 Å². The zero-order valence-corrected chi connectivity index (χ0v) is 12.8. The largest absolute Gasteiger partial charge is 0.381 e. The molecule has 1 aliphatic heterocycles. The van der Waals surface area contributed by atoms with Crippen LogP contribution in [0.5, 0.6) is 0 Å². The molecule has 1 atom stereocenters. The number of rotatable bonds is 7. The van der Waals surface area contributed by atoms with Crippen LogP contribution in [0.3, 0.4) is 0 Å². The number of piperazine rings is 1. The van der Waals surface area contributed by atoms with Gasteiger partial charge in [0.25, 0.3) is 0 Å². The highest BCUT2D eigenvalue weighted by molar-refractivity contribution is 5.85. The summed E-state index contributed by atoms with van der Waals surface area (Å²) in [6, 6.07) is 4.15. The maximum atomic E-state index is 11.2. The van der Waals surface area contributed by atoms with Crippen LogP contribution in [0.25, 0.3) is 0 Å². The van der Waals surface area contributed by atoms with Gasteiger partial charge in [-0.25, -0.2) is 4.98 Å². The van der Waals surface area contributed by atoms with Crippen molar-refractivity contribution in [3.63, 3.8) is 0 Å². The normalized spacial score (nSPS) is 16.0. The zero-order valence-electron chi connectivity index (χ0n) is 12.8. The molecular weight excluding hydrogens is 282 g/mol. The van der Waals surface area contributed by atoms with E-state index in [2.05, 4.69) is 25.8 Å². The van der Waals surface area contributed by atoms with Crippen LogP contribution in [0.4, 0.5) is 11.5 Å². The van der Waals surface area contributed by atoms with Crippen molar-refractivity contribution in [2.45, 2.75) is 25.8 Å². The van der Waals surface area contributed by atoms with E-state index in [1.807, 2.05) is 25.3 Å². The number of aromatic nitrogens is 1. The molecule has 0 spiro atoms. The highest BCUT2D eigenvalue weighted by Gasteiger charge is 2.11. The first-order valence-corrected chi connectivity index (χ1v) is 7.60. The van der Waals surface area contributed by atoms with Crippen LogP contribution in [0, 0.1) is 0 Å². The van der Waals surface area contributed by atoms with Gasteiger partial charge in [-0.2, -0.15) is 0 Å².